The molecule has 0 saturated heterocycles. The lowest BCUT2D eigenvalue weighted by molar-refractivity contribution is 0.0701. The molecule has 134 valence electrons. The molecule has 2 N–H and O–H groups in total. The van der Waals surface area contributed by atoms with E-state index in [4.69, 9.17) is 16.3 Å². The highest BCUT2D eigenvalue weighted by atomic mass is 35.5. The van der Waals surface area contributed by atoms with Gasteiger partial charge in [-0.1, -0.05) is 42.0 Å². The molecular formula is C19H17ClN2O3S. The predicted octanol–water partition coefficient (Wildman–Crippen LogP) is 5.38. The lowest BCUT2D eigenvalue weighted by atomic mass is 10.2. The van der Waals surface area contributed by atoms with Crippen molar-refractivity contribution in [3.8, 4) is 5.75 Å². The van der Waals surface area contributed by atoms with Crippen molar-refractivity contribution in [3.05, 3.63) is 69.7 Å². The summed E-state index contributed by atoms with van der Waals surface area (Å²) in [6.45, 7) is 2.34. The molecule has 0 aliphatic rings. The average Bonchev–Trinajstić information content (AvgIpc) is 3.06. The first-order valence-corrected chi connectivity index (χ1v) is 9.22. The van der Waals surface area contributed by atoms with E-state index in [9.17, 15) is 9.90 Å². The molecule has 0 atom stereocenters. The van der Waals surface area contributed by atoms with Crippen LogP contribution in [0.25, 0.3) is 0 Å². The second kappa shape index (κ2) is 8.21. The van der Waals surface area contributed by atoms with Gasteiger partial charge in [-0.2, -0.15) is 0 Å². The highest BCUT2D eigenvalue weighted by molar-refractivity contribution is 7.17. The SMILES string of the molecule is CCc1nc(Nc2ccc(OCc3ccc(Cl)cc3)cc2)sc1C(=O)O. The minimum Gasteiger partial charge on any atom is -0.489 e. The molecule has 0 bridgehead atoms. The number of aryl methyl sites for hydroxylation is 1. The molecule has 7 heteroatoms. The molecule has 1 aromatic heterocycles. The number of aromatic carboxylic acids is 1. The molecule has 0 aliphatic heterocycles. The molecule has 2 aromatic carbocycles. The lowest BCUT2D eigenvalue weighted by Gasteiger charge is -2.08. The van der Waals surface area contributed by atoms with Crippen LogP contribution < -0.4 is 10.1 Å². The number of nitrogens with zero attached hydrogens (tertiary/aromatic N) is 1. The van der Waals surface area contributed by atoms with Crippen LogP contribution in [0.5, 0.6) is 5.75 Å². The summed E-state index contributed by atoms with van der Waals surface area (Å²) in [4.78, 5) is 15.8. The molecular weight excluding hydrogens is 372 g/mol. The molecule has 0 unspecified atom stereocenters. The summed E-state index contributed by atoms with van der Waals surface area (Å²) in [7, 11) is 0. The fourth-order valence-electron chi connectivity index (χ4n) is 2.32. The predicted molar refractivity (Wildman–Crippen MR) is 104 cm³/mol. The molecule has 0 radical (unpaired) electrons. The van der Waals surface area contributed by atoms with E-state index in [0.717, 1.165) is 28.3 Å². The summed E-state index contributed by atoms with van der Waals surface area (Å²) >= 11 is 7.00. The zero-order chi connectivity index (χ0) is 18.5. The van der Waals surface area contributed by atoms with Gasteiger partial charge in [-0.15, -0.1) is 0 Å². The summed E-state index contributed by atoms with van der Waals surface area (Å²) in [6, 6.07) is 14.9. The van der Waals surface area contributed by atoms with Gasteiger partial charge in [-0.25, -0.2) is 9.78 Å². The van der Waals surface area contributed by atoms with E-state index >= 15 is 0 Å². The van der Waals surface area contributed by atoms with Crippen molar-refractivity contribution in [2.75, 3.05) is 5.32 Å². The largest absolute Gasteiger partial charge is 0.489 e. The second-order valence-corrected chi connectivity index (χ2v) is 6.95. The number of benzene rings is 2. The highest BCUT2D eigenvalue weighted by Crippen LogP contribution is 2.27. The van der Waals surface area contributed by atoms with Crippen LogP contribution in [0.3, 0.4) is 0 Å². The quantitative estimate of drug-likeness (QED) is 0.568. The van der Waals surface area contributed by atoms with Crippen molar-refractivity contribution in [1.82, 2.24) is 4.98 Å². The normalized spacial score (nSPS) is 10.5. The Morgan fingerprint density at radius 3 is 2.46 bits per heavy atom. The number of thiazole rings is 1. The number of hydrogen-bond acceptors (Lipinski definition) is 5. The molecule has 3 rings (SSSR count). The van der Waals surface area contributed by atoms with Crippen molar-refractivity contribution in [2.24, 2.45) is 0 Å². The zero-order valence-electron chi connectivity index (χ0n) is 14.0. The third kappa shape index (κ3) is 4.53. The van der Waals surface area contributed by atoms with Crippen LogP contribution >= 0.6 is 22.9 Å². The Bertz CT molecular complexity index is 892. The van der Waals surface area contributed by atoms with Crippen LogP contribution in [-0.4, -0.2) is 16.1 Å². The zero-order valence-corrected chi connectivity index (χ0v) is 15.6. The van der Waals surface area contributed by atoms with Gasteiger partial charge < -0.3 is 15.2 Å². The maximum atomic E-state index is 11.2. The van der Waals surface area contributed by atoms with Gasteiger partial charge in [0.15, 0.2) is 5.13 Å². The van der Waals surface area contributed by atoms with Crippen molar-refractivity contribution < 1.29 is 14.6 Å². The Morgan fingerprint density at radius 2 is 1.88 bits per heavy atom. The maximum Gasteiger partial charge on any atom is 0.347 e. The standard InChI is InChI=1S/C19H17ClN2O3S/c1-2-16-17(18(23)24)26-19(22-16)21-14-7-9-15(10-8-14)25-11-12-3-5-13(20)6-4-12/h3-10H,2,11H2,1H3,(H,21,22)(H,23,24). The molecule has 26 heavy (non-hydrogen) atoms. The van der Waals surface area contributed by atoms with Gasteiger partial charge in [-0.05, 0) is 48.4 Å². The highest BCUT2D eigenvalue weighted by Gasteiger charge is 2.15. The van der Waals surface area contributed by atoms with Crippen LogP contribution in [0.1, 0.15) is 27.9 Å². The number of ether oxygens (including phenoxy) is 1. The summed E-state index contributed by atoms with van der Waals surface area (Å²) in [5.74, 6) is -0.205. The summed E-state index contributed by atoms with van der Waals surface area (Å²) in [6.07, 6.45) is 0.581. The monoisotopic (exact) mass is 388 g/mol. The van der Waals surface area contributed by atoms with Gasteiger partial charge in [0.05, 0.1) is 5.69 Å². The Morgan fingerprint density at radius 1 is 1.19 bits per heavy atom. The molecule has 0 fully saturated rings. The molecule has 0 aliphatic carbocycles. The van der Waals surface area contributed by atoms with E-state index in [1.54, 1.807) is 0 Å². The number of carboxylic acids is 1. The number of carbonyl (C=O) groups is 1. The van der Waals surface area contributed by atoms with Gasteiger partial charge in [0.2, 0.25) is 0 Å². The summed E-state index contributed by atoms with van der Waals surface area (Å²) < 4.78 is 5.75. The third-order valence-corrected chi connectivity index (χ3v) is 4.90. The van der Waals surface area contributed by atoms with Crippen LogP contribution in [0.15, 0.2) is 48.5 Å². The number of halogens is 1. The first kappa shape index (κ1) is 18.2. The number of anilines is 2. The summed E-state index contributed by atoms with van der Waals surface area (Å²) in [5.41, 5.74) is 2.44. The minimum atomic E-state index is -0.946. The first-order chi connectivity index (χ1) is 12.5. The van der Waals surface area contributed by atoms with E-state index in [-0.39, 0.29) is 4.88 Å². The van der Waals surface area contributed by atoms with E-state index in [0.29, 0.717) is 28.9 Å². The topological polar surface area (TPSA) is 71.5 Å². The number of nitrogens with one attached hydrogen (secondary N) is 1. The van der Waals surface area contributed by atoms with Gasteiger partial charge in [-0.3, -0.25) is 0 Å². The van der Waals surface area contributed by atoms with E-state index in [2.05, 4.69) is 10.3 Å². The fourth-order valence-corrected chi connectivity index (χ4v) is 3.36. The van der Waals surface area contributed by atoms with Crippen LogP contribution in [0.4, 0.5) is 10.8 Å². The van der Waals surface area contributed by atoms with Gasteiger partial charge in [0.25, 0.3) is 0 Å². The minimum absolute atomic E-state index is 0.276. The van der Waals surface area contributed by atoms with Crippen molar-refractivity contribution in [3.63, 3.8) is 0 Å². The van der Waals surface area contributed by atoms with E-state index in [1.807, 2.05) is 55.5 Å². The van der Waals surface area contributed by atoms with Crippen LogP contribution in [0, 0.1) is 0 Å². The molecule has 0 amide bonds. The van der Waals surface area contributed by atoms with Crippen LogP contribution in [0.2, 0.25) is 5.02 Å². The molecule has 3 aromatic rings. The third-order valence-electron chi connectivity index (χ3n) is 3.65. The van der Waals surface area contributed by atoms with Gasteiger partial charge in [0.1, 0.15) is 17.2 Å². The molecule has 0 saturated carbocycles. The molecule has 5 nitrogen and oxygen atoms in total. The lowest BCUT2D eigenvalue weighted by Crippen LogP contribution is -1.97. The Hall–Kier alpha value is -2.57. The van der Waals surface area contributed by atoms with E-state index in [1.165, 1.54) is 0 Å². The number of aromatic nitrogens is 1. The average molecular weight is 389 g/mol. The van der Waals surface area contributed by atoms with Crippen molar-refractivity contribution in [1.29, 1.82) is 0 Å². The van der Waals surface area contributed by atoms with Gasteiger partial charge in [0, 0.05) is 10.7 Å². The Labute approximate surface area is 160 Å². The second-order valence-electron chi connectivity index (χ2n) is 5.52. The molecule has 0 spiro atoms. The number of hydrogen-bond donors (Lipinski definition) is 2. The van der Waals surface area contributed by atoms with E-state index < -0.39 is 5.97 Å². The maximum absolute atomic E-state index is 11.2. The van der Waals surface area contributed by atoms with Gasteiger partial charge >= 0.3 is 5.97 Å². The number of carboxylic acid groups (broad SMARTS) is 1. The Kier molecular flexibility index (Phi) is 5.75. The first-order valence-electron chi connectivity index (χ1n) is 8.02. The van der Waals surface area contributed by atoms with Crippen LogP contribution in [-0.2, 0) is 13.0 Å². The van der Waals surface area contributed by atoms with Crippen molar-refractivity contribution >= 4 is 39.7 Å². The van der Waals surface area contributed by atoms with Crippen molar-refractivity contribution in [2.45, 2.75) is 20.0 Å². The Balaban J connectivity index is 1.62. The smallest absolute Gasteiger partial charge is 0.347 e. The summed E-state index contributed by atoms with van der Waals surface area (Å²) in [5, 5.41) is 13.6. The fraction of sp³-hybridized carbons (Fsp3) is 0.158. The number of rotatable bonds is 7. The molecule has 1 heterocycles.